The molecule has 110 valence electrons. The van der Waals surface area contributed by atoms with Gasteiger partial charge >= 0.3 is 0 Å². The number of benzene rings is 1. The predicted molar refractivity (Wildman–Crippen MR) is 80.9 cm³/mol. The summed E-state index contributed by atoms with van der Waals surface area (Å²) in [7, 11) is 0. The van der Waals surface area contributed by atoms with Gasteiger partial charge < -0.3 is 4.90 Å². The molecule has 0 N–H and O–H groups in total. The summed E-state index contributed by atoms with van der Waals surface area (Å²) in [6.45, 7) is 7.93. The maximum absolute atomic E-state index is 13.3. The van der Waals surface area contributed by atoms with Crippen molar-refractivity contribution in [2.45, 2.75) is 46.5 Å². The lowest BCUT2D eigenvalue weighted by atomic mass is 9.74. The van der Waals surface area contributed by atoms with E-state index in [-0.39, 0.29) is 11.6 Å². The highest BCUT2D eigenvalue weighted by Gasteiger charge is 2.32. The summed E-state index contributed by atoms with van der Waals surface area (Å²) in [6, 6.07) is 4.55. The molecule has 0 aromatic heterocycles. The first kappa shape index (κ1) is 15.0. The fraction of sp³-hybridized carbons (Fsp3) is 0.588. The van der Waals surface area contributed by atoms with Crippen LogP contribution in [0.3, 0.4) is 0 Å². The van der Waals surface area contributed by atoms with Crippen molar-refractivity contribution in [1.82, 2.24) is 0 Å². The summed E-state index contributed by atoms with van der Waals surface area (Å²) >= 11 is 0. The minimum atomic E-state index is -0.340. The van der Waals surface area contributed by atoms with E-state index in [1.807, 2.05) is 0 Å². The molecule has 0 bridgehead atoms. The lowest BCUT2D eigenvalue weighted by Gasteiger charge is -2.42. The van der Waals surface area contributed by atoms with Crippen LogP contribution in [0.25, 0.3) is 0 Å². The fourth-order valence-electron chi connectivity index (χ4n) is 3.25. The van der Waals surface area contributed by atoms with E-state index in [9.17, 15) is 9.18 Å². The molecule has 1 aromatic carbocycles. The van der Waals surface area contributed by atoms with Crippen molar-refractivity contribution >= 4 is 11.5 Å². The number of hydrogen-bond acceptors (Lipinski definition) is 2. The van der Waals surface area contributed by atoms with Gasteiger partial charge in [-0.1, -0.05) is 26.7 Å². The number of carbonyl (C=O) groups excluding carboxylic acids is 1. The Bertz CT molecular complexity index is 484. The Labute approximate surface area is 121 Å². The van der Waals surface area contributed by atoms with Crippen LogP contribution < -0.4 is 4.90 Å². The number of ketones is 1. The molecule has 1 fully saturated rings. The molecule has 0 saturated carbocycles. The van der Waals surface area contributed by atoms with Crippen molar-refractivity contribution in [1.29, 1.82) is 0 Å². The summed E-state index contributed by atoms with van der Waals surface area (Å²) in [6.07, 6.45) is 4.71. The van der Waals surface area contributed by atoms with E-state index >= 15 is 0 Å². The summed E-state index contributed by atoms with van der Waals surface area (Å²) in [5, 5.41) is 0. The van der Waals surface area contributed by atoms with E-state index in [1.54, 1.807) is 6.07 Å². The smallest absolute Gasteiger partial charge is 0.161 e. The highest BCUT2D eigenvalue weighted by molar-refractivity contribution is 5.99. The van der Waals surface area contributed by atoms with Crippen LogP contribution in [0.4, 0.5) is 10.1 Å². The zero-order valence-corrected chi connectivity index (χ0v) is 12.7. The minimum absolute atomic E-state index is 0.0673. The Morgan fingerprint density at radius 3 is 2.35 bits per heavy atom. The zero-order chi connectivity index (χ0) is 14.8. The number of anilines is 1. The number of hydrogen-bond donors (Lipinski definition) is 0. The molecule has 0 spiro atoms. The quantitative estimate of drug-likeness (QED) is 0.759. The first-order valence-corrected chi connectivity index (χ1v) is 7.57. The van der Waals surface area contributed by atoms with Crippen molar-refractivity contribution in [3.63, 3.8) is 0 Å². The largest absolute Gasteiger partial charge is 0.371 e. The lowest BCUT2D eigenvalue weighted by Crippen LogP contribution is -2.40. The summed E-state index contributed by atoms with van der Waals surface area (Å²) in [4.78, 5) is 13.9. The van der Waals surface area contributed by atoms with Gasteiger partial charge in [-0.25, -0.2) is 4.39 Å². The number of halogens is 1. The average molecular weight is 277 g/mol. The molecule has 0 radical (unpaired) electrons. The Hall–Kier alpha value is -1.38. The summed E-state index contributed by atoms with van der Waals surface area (Å²) in [5.41, 5.74) is 1.85. The second-order valence-corrected chi connectivity index (χ2v) is 5.91. The molecular weight excluding hydrogens is 253 g/mol. The van der Waals surface area contributed by atoms with E-state index in [1.165, 1.54) is 31.9 Å². The van der Waals surface area contributed by atoms with Crippen LogP contribution in [0, 0.1) is 11.2 Å². The molecule has 20 heavy (non-hydrogen) atoms. The maximum atomic E-state index is 13.3. The van der Waals surface area contributed by atoms with E-state index in [0.29, 0.717) is 11.0 Å². The van der Waals surface area contributed by atoms with E-state index in [0.717, 1.165) is 31.6 Å². The highest BCUT2D eigenvalue weighted by Crippen LogP contribution is 2.39. The molecule has 2 nitrogen and oxygen atoms in total. The van der Waals surface area contributed by atoms with E-state index in [4.69, 9.17) is 0 Å². The van der Waals surface area contributed by atoms with E-state index < -0.39 is 0 Å². The molecular formula is C17H24FNO. The molecule has 1 heterocycles. The second kappa shape index (κ2) is 5.94. The fourth-order valence-corrected chi connectivity index (χ4v) is 3.25. The van der Waals surface area contributed by atoms with Crippen molar-refractivity contribution in [3.05, 3.63) is 29.6 Å². The van der Waals surface area contributed by atoms with Crippen molar-refractivity contribution in [2.75, 3.05) is 18.0 Å². The van der Waals surface area contributed by atoms with Crippen LogP contribution in [-0.2, 0) is 0 Å². The van der Waals surface area contributed by atoms with E-state index in [2.05, 4.69) is 18.7 Å². The third-order valence-electron chi connectivity index (χ3n) is 5.00. The van der Waals surface area contributed by atoms with Crippen LogP contribution in [0.15, 0.2) is 18.2 Å². The Morgan fingerprint density at radius 2 is 1.85 bits per heavy atom. The van der Waals surface area contributed by atoms with Gasteiger partial charge in [-0.2, -0.15) is 0 Å². The minimum Gasteiger partial charge on any atom is -0.371 e. The maximum Gasteiger partial charge on any atom is 0.161 e. The topological polar surface area (TPSA) is 20.3 Å². The normalized spacial score (nSPS) is 18.1. The Balaban J connectivity index is 2.21. The summed E-state index contributed by atoms with van der Waals surface area (Å²) in [5.74, 6) is -0.408. The van der Waals surface area contributed by atoms with Gasteiger partial charge in [0, 0.05) is 24.3 Å². The van der Waals surface area contributed by atoms with Crippen LogP contribution in [0.2, 0.25) is 0 Å². The van der Waals surface area contributed by atoms with Crippen LogP contribution in [0.1, 0.15) is 56.8 Å². The number of Topliss-reactive ketones (excluding diaryl/α,β-unsaturated/α-hetero) is 1. The molecule has 1 aliphatic rings. The van der Waals surface area contributed by atoms with Crippen molar-refractivity contribution in [3.8, 4) is 0 Å². The first-order chi connectivity index (χ1) is 9.51. The monoisotopic (exact) mass is 277 g/mol. The summed E-state index contributed by atoms with van der Waals surface area (Å²) < 4.78 is 13.3. The van der Waals surface area contributed by atoms with Gasteiger partial charge in [-0.05, 0) is 43.4 Å². The van der Waals surface area contributed by atoms with Crippen LogP contribution >= 0.6 is 0 Å². The van der Waals surface area contributed by atoms with Gasteiger partial charge in [0.1, 0.15) is 5.82 Å². The SMILES string of the molecule is CCC1(CC)CCN(c2ccc(F)cc2C(C)=O)CC1. The van der Waals surface area contributed by atoms with Gasteiger partial charge in [0.2, 0.25) is 0 Å². The molecule has 1 saturated heterocycles. The predicted octanol–water partition coefficient (Wildman–Crippen LogP) is 4.43. The number of rotatable bonds is 4. The molecule has 1 aromatic rings. The zero-order valence-electron chi connectivity index (χ0n) is 12.7. The van der Waals surface area contributed by atoms with Gasteiger partial charge in [0.15, 0.2) is 5.78 Å². The molecule has 0 amide bonds. The van der Waals surface area contributed by atoms with Gasteiger partial charge in [0.25, 0.3) is 0 Å². The van der Waals surface area contributed by atoms with Gasteiger partial charge in [-0.3, -0.25) is 4.79 Å². The number of piperidine rings is 1. The van der Waals surface area contributed by atoms with Crippen LogP contribution in [-0.4, -0.2) is 18.9 Å². The van der Waals surface area contributed by atoms with Gasteiger partial charge in [0.05, 0.1) is 0 Å². The number of nitrogens with zero attached hydrogens (tertiary/aromatic N) is 1. The molecule has 0 aliphatic carbocycles. The highest BCUT2D eigenvalue weighted by atomic mass is 19.1. The lowest BCUT2D eigenvalue weighted by molar-refractivity contribution is 0.101. The Morgan fingerprint density at radius 1 is 1.25 bits per heavy atom. The number of carbonyl (C=O) groups is 1. The van der Waals surface area contributed by atoms with Crippen molar-refractivity contribution < 1.29 is 9.18 Å². The third-order valence-corrected chi connectivity index (χ3v) is 5.00. The average Bonchev–Trinajstić information content (AvgIpc) is 2.47. The standard InChI is InChI=1S/C17H24FNO/c1-4-17(5-2)8-10-19(11-9-17)16-7-6-14(18)12-15(16)13(3)20/h6-7,12H,4-5,8-11H2,1-3H3. The van der Waals surface area contributed by atoms with Gasteiger partial charge in [-0.15, -0.1) is 0 Å². The Kier molecular flexibility index (Phi) is 4.46. The second-order valence-electron chi connectivity index (χ2n) is 5.91. The molecule has 0 unspecified atom stereocenters. The first-order valence-electron chi connectivity index (χ1n) is 7.57. The third kappa shape index (κ3) is 2.87. The molecule has 2 rings (SSSR count). The molecule has 0 atom stereocenters. The van der Waals surface area contributed by atoms with Crippen LogP contribution in [0.5, 0.6) is 0 Å². The molecule has 1 aliphatic heterocycles. The van der Waals surface area contributed by atoms with Crippen molar-refractivity contribution in [2.24, 2.45) is 5.41 Å². The molecule has 3 heteroatoms.